The van der Waals surface area contributed by atoms with Gasteiger partial charge in [-0.15, -0.1) is 11.3 Å². The normalized spacial score (nSPS) is 16.7. The van der Waals surface area contributed by atoms with Crippen LogP contribution in [-0.4, -0.2) is 21.3 Å². The van der Waals surface area contributed by atoms with Crippen molar-refractivity contribution in [3.05, 3.63) is 58.7 Å². The molecule has 164 valence electrons. The highest BCUT2D eigenvalue weighted by molar-refractivity contribution is 7.19. The minimum atomic E-state index is 0.208. The van der Waals surface area contributed by atoms with Crippen molar-refractivity contribution in [1.29, 1.82) is 0 Å². The lowest BCUT2D eigenvalue weighted by Crippen LogP contribution is -2.28. The fraction of sp³-hybridized carbons (Fsp3) is 0.346. The first-order valence-corrected chi connectivity index (χ1v) is 12.0. The van der Waals surface area contributed by atoms with Gasteiger partial charge in [0.2, 0.25) is 0 Å². The summed E-state index contributed by atoms with van der Waals surface area (Å²) in [5, 5.41) is 18.0. The van der Waals surface area contributed by atoms with Crippen molar-refractivity contribution in [3.8, 4) is 5.75 Å². The number of hydrogen-bond donors (Lipinski definition) is 2. The second-order valence-corrected chi connectivity index (χ2v) is 10.4. The number of rotatable bonds is 5. The summed E-state index contributed by atoms with van der Waals surface area (Å²) < 4.78 is 0. The third-order valence-corrected chi connectivity index (χ3v) is 8.37. The summed E-state index contributed by atoms with van der Waals surface area (Å²) in [6.07, 6.45) is 7.85. The Morgan fingerprint density at radius 2 is 2.06 bits per heavy atom. The SMILES string of the molecule is CCC(C)(C)C1CCc2sc3ncnc(NN=Cc4c(O)ccc5ccccc45)c3c2C1. The smallest absolute Gasteiger partial charge is 0.158 e. The van der Waals surface area contributed by atoms with Crippen molar-refractivity contribution in [3.63, 3.8) is 0 Å². The number of hydrazone groups is 1. The van der Waals surface area contributed by atoms with Crippen LogP contribution >= 0.6 is 11.3 Å². The van der Waals surface area contributed by atoms with E-state index in [1.54, 1.807) is 29.9 Å². The van der Waals surface area contributed by atoms with Crippen LogP contribution in [0.2, 0.25) is 0 Å². The van der Waals surface area contributed by atoms with Crippen LogP contribution in [0.3, 0.4) is 0 Å². The Balaban J connectivity index is 1.49. The Labute approximate surface area is 192 Å². The lowest BCUT2D eigenvalue weighted by Gasteiger charge is -2.36. The van der Waals surface area contributed by atoms with Crippen LogP contribution in [-0.2, 0) is 12.8 Å². The molecule has 0 fully saturated rings. The quantitative estimate of drug-likeness (QED) is 0.271. The number of aromatic nitrogens is 2. The van der Waals surface area contributed by atoms with Gasteiger partial charge in [0.25, 0.3) is 0 Å². The molecular formula is C26H28N4OS. The van der Waals surface area contributed by atoms with Gasteiger partial charge in [-0.2, -0.15) is 5.10 Å². The zero-order valence-electron chi connectivity index (χ0n) is 18.7. The highest BCUT2D eigenvalue weighted by Gasteiger charge is 2.33. The first-order valence-electron chi connectivity index (χ1n) is 11.2. The lowest BCUT2D eigenvalue weighted by molar-refractivity contribution is 0.184. The molecule has 5 nitrogen and oxygen atoms in total. The Hall–Kier alpha value is -2.99. The molecule has 32 heavy (non-hydrogen) atoms. The van der Waals surface area contributed by atoms with Crippen molar-refractivity contribution >= 4 is 44.4 Å². The molecule has 6 heteroatoms. The molecule has 0 radical (unpaired) electrons. The molecule has 1 aliphatic carbocycles. The average Bonchev–Trinajstić information content (AvgIpc) is 3.19. The Morgan fingerprint density at radius 1 is 1.22 bits per heavy atom. The van der Waals surface area contributed by atoms with Crippen LogP contribution < -0.4 is 5.43 Å². The van der Waals surface area contributed by atoms with Gasteiger partial charge in [0.1, 0.15) is 16.9 Å². The van der Waals surface area contributed by atoms with Crippen molar-refractivity contribution < 1.29 is 5.11 Å². The molecule has 0 bridgehead atoms. The van der Waals surface area contributed by atoms with Crippen LogP contribution in [0.1, 0.15) is 49.6 Å². The van der Waals surface area contributed by atoms with Crippen molar-refractivity contribution in [2.75, 3.05) is 5.43 Å². The largest absolute Gasteiger partial charge is 0.507 e. The molecular weight excluding hydrogens is 416 g/mol. The van der Waals surface area contributed by atoms with Crippen LogP contribution in [0.4, 0.5) is 5.82 Å². The van der Waals surface area contributed by atoms with Gasteiger partial charge < -0.3 is 5.11 Å². The summed E-state index contributed by atoms with van der Waals surface area (Å²) in [4.78, 5) is 11.5. The van der Waals surface area contributed by atoms with Crippen LogP contribution in [0, 0.1) is 11.3 Å². The van der Waals surface area contributed by atoms with E-state index in [4.69, 9.17) is 0 Å². The van der Waals surface area contributed by atoms with Crippen molar-refractivity contribution in [1.82, 2.24) is 9.97 Å². The number of nitrogens with zero attached hydrogens (tertiary/aromatic N) is 3. The molecule has 2 aromatic heterocycles. The van der Waals surface area contributed by atoms with Gasteiger partial charge in [0.05, 0.1) is 11.6 Å². The number of hydrogen-bond acceptors (Lipinski definition) is 6. The van der Waals surface area contributed by atoms with E-state index in [2.05, 4.69) is 41.3 Å². The molecule has 0 spiro atoms. The maximum Gasteiger partial charge on any atom is 0.158 e. The monoisotopic (exact) mass is 444 g/mol. The second kappa shape index (κ2) is 8.17. The molecule has 2 aromatic carbocycles. The van der Waals surface area contributed by atoms with Gasteiger partial charge >= 0.3 is 0 Å². The fourth-order valence-electron chi connectivity index (χ4n) is 4.73. The summed E-state index contributed by atoms with van der Waals surface area (Å²) in [6.45, 7) is 7.05. The number of thiophene rings is 1. The van der Waals surface area contributed by atoms with Crippen molar-refractivity contribution in [2.45, 2.75) is 46.5 Å². The summed E-state index contributed by atoms with van der Waals surface area (Å²) in [5.41, 5.74) is 5.54. The van der Waals surface area contributed by atoms with Crippen LogP contribution in [0.25, 0.3) is 21.0 Å². The van der Waals surface area contributed by atoms with E-state index in [1.165, 1.54) is 23.3 Å². The second-order valence-electron chi connectivity index (χ2n) is 9.28. The zero-order valence-corrected chi connectivity index (χ0v) is 19.5. The topological polar surface area (TPSA) is 70.4 Å². The molecule has 0 saturated heterocycles. The third kappa shape index (κ3) is 3.62. The van der Waals surface area contributed by atoms with Gasteiger partial charge in [0.15, 0.2) is 5.82 Å². The highest BCUT2D eigenvalue weighted by Crippen LogP contribution is 2.45. The van der Waals surface area contributed by atoms with E-state index in [0.717, 1.165) is 39.6 Å². The average molecular weight is 445 g/mol. The number of nitrogens with one attached hydrogen (secondary N) is 1. The minimum Gasteiger partial charge on any atom is -0.507 e. The number of anilines is 1. The van der Waals surface area contributed by atoms with Gasteiger partial charge in [0, 0.05) is 10.4 Å². The van der Waals surface area contributed by atoms with Gasteiger partial charge in [-0.1, -0.05) is 57.5 Å². The predicted molar refractivity (Wildman–Crippen MR) is 134 cm³/mol. The molecule has 5 rings (SSSR count). The molecule has 0 aliphatic heterocycles. The molecule has 2 heterocycles. The Bertz CT molecular complexity index is 1320. The predicted octanol–water partition coefficient (Wildman–Crippen LogP) is 6.54. The minimum absolute atomic E-state index is 0.208. The van der Waals surface area contributed by atoms with Crippen molar-refractivity contribution in [2.24, 2.45) is 16.4 Å². The summed E-state index contributed by atoms with van der Waals surface area (Å²) in [6, 6.07) is 11.6. The van der Waals surface area contributed by atoms with E-state index >= 15 is 0 Å². The Morgan fingerprint density at radius 3 is 2.91 bits per heavy atom. The Kier molecular flexibility index (Phi) is 5.33. The van der Waals surface area contributed by atoms with Crippen LogP contribution in [0.5, 0.6) is 5.75 Å². The zero-order chi connectivity index (χ0) is 22.3. The highest BCUT2D eigenvalue weighted by atomic mass is 32.1. The van der Waals surface area contributed by atoms with Gasteiger partial charge in [-0.3, -0.25) is 5.43 Å². The van der Waals surface area contributed by atoms with E-state index in [9.17, 15) is 5.11 Å². The fourth-order valence-corrected chi connectivity index (χ4v) is 5.91. The van der Waals surface area contributed by atoms with E-state index in [0.29, 0.717) is 16.9 Å². The maximum atomic E-state index is 10.4. The van der Waals surface area contributed by atoms with E-state index < -0.39 is 0 Å². The van der Waals surface area contributed by atoms with Crippen LogP contribution in [0.15, 0.2) is 47.8 Å². The first kappa shape index (κ1) is 20.9. The molecule has 1 unspecified atom stereocenters. The number of benzene rings is 2. The standard InChI is InChI=1S/C26H28N4OS/c1-4-26(2,3)17-10-12-22-19(13-17)23-24(27-15-28-25(23)32-22)30-29-14-20-18-8-6-5-7-16(18)9-11-21(20)31/h5-9,11,14-15,17,31H,4,10,12-13H2,1-3H3,(H,27,28,30). The molecule has 1 aliphatic rings. The number of phenols is 1. The summed E-state index contributed by atoms with van der Waals surface area (Å²) in [7, 11) is 0. The lowest BCUT2D eigenvalue weighted by atomic mass is 9.69. The molecule has 1 atom stereocenters. The third-order valence-electron chi connectivity index (χ3n) is 7.17. The number of aromatic hydroxyl groups is 1. The molecule has 0 amide bonds. The maximum absolute atomic E-state index is 10.4. The molecule has 0 saturated carbocycles. The van der Waals surface area contributed by atoms with Gasteiger partial charge in [-0.25, -0.2) is 9.97 Å². The summed E-state index contributed by atoms with van der Waals surface area (Å²) >= 11 is 1.79. The molecule has 4 aromatic rings. The number of phenolic OH excluding ortho intramolecular Hbond substituents is 1. The number of fused-ring (bicyclic) bond motifs is 4. The molecule has 2 N–H and O–H groups in total. The summed E-state index contributed by atoms with van der Waals surface area (Å²) in [5.74, 6) is 1.60. The van der Waals surface area contributed by atoms with E-state index in [-0.39, 0.29) is 5.75 Å². The number of aryl methyl sites for hydroxylation is 1. The van der Waals surface area contributed by atoms with E-state index in [1.807, 2.05) is 30.3 Å². The first-order chi connectivity index (χ1) is 15.5. The van der Waals surface area contributed by atoms with Gasteiger partial charge in [-0.05, 0) is 53.0 Å².